The van der Waals surface area contributed by atoms with Crippen molar-refractivity contribution < 1.29 is 14.3 Å². The Labute approximate surface area is 190 Å². The molecule has 2 rings (SSSR count). The van der Waals surface area contributed by atoms with Gasteiger partial charge >= 0.3 is 0 Å². The highest BCUT2D eigenvalue weighted by Gasteiger charge is 2.28. The second-order valence-corrected chi connectivity index (χ2v) is 8.38. The van der Waals surface area contributed by atoms with E-state index in [9.17, 15) is 9.59 Å². The van der Waals surface area contributed by atoms with Gasteiger partial charge in [-0.25, -0.2) is 0 Å². The minimum Gasteiger partial charge on any atom is -0.494 e. The van der Waals surface area contributed by atoms with Crippen LogP contribution >= 0.6 is 11.6 Å². The largest absolute Gasteiger partial charge is 0.494 e. The van der Waals surface area contributed by atoms with Crippen LogP contribution in [-0.2, 0) is 16.1 Å². The summed E-state index contributed by atoms with van der Waals surface area (Å²) in [4.78, 5) is 27.7. The van der Waals surface area contributed by atoms with Gasteiger partial charge in [0.25, 0.3) is 0 Å². The normalized spacial score (nSPS) is 11.8. The van der Waals surface area contributed by atoms with E-state index >= 15 is 0 Å². The Kier molecular flexibility index (Phi) is 9.86. The predicted octanol–water partition coefficient (Wildman–Crippen LogP) is 5.14. The third-order valence-electron chi connectivity index (χ3n) is 5.04. The Hall–Kier alpha value is -2.53. The minimum absolute atomic E-state index is 0.0183. The molecule has 0 bridgehead atoms. The first-order valence-corrected chi connectivity index (χ1v) is 11.2. The van der Waals surface area contributed by atoms with Gasteiger partial charge in [-0.05, 0) is 69.0 Å². The first-order chi connectivity index (χ1) is 14.8. The Bertz CT molecular complexity index is 852. The smallest absolute Gasteiger partial charge is 0.243 e. The van der Waals surface area contributed by atoms with E-state index in [1.165, 1.54) is 0 Å². The van der Waals surface area contributed by atoms with Gasteiger partial charge in [0.1, 0.15) is 11.8 Å². The summed E-state index contributed by atoms with van der Waals surface area (Å²) in [5.74, 6) is 0.557. The van der Waals surface area contributed by atoms with Gasteiger partial charge in [-0.3, -0.25) is 9.59 Å². The molecular weight excluding hydrogens is 412 g/mol. The summed E-state index contributed by atoms with van der Waals surface area (Å²) in [6.07, 6.45) is 1.43. The van der Waals surface area contributed by atoms with Crippen molar-refractivity contribution in [1.82, 2.24) is 10.2 Å². The topological polar surface area (TPSA) is 58.6 Å². The summed E-state index contributed by atoms with van der Waals surface area (Å²) in [6, 6.07) is 14.6. The number of carbonyl (C=O) groups excluding carboxylic acids is 2. The zero-order valence-electron chi connectivity index (χ0n) is 18.9. The van der Waals surface area contributed by atoms with E-state index in [0.29, 0.717) is 37.4 Å². The maximum atomic E-state index is 13.2. The molecule has 0 aliphatic heterocycles. The van der Waals surface area contributed by atoms with Gasteiger partial charge in [0, 0.05) is 24.0 Å². The molecule has 2 aromatic carbocycles. The second kappa shape index (κ2) is 12.4. The average Bonchev–Trinajstić information content (AvgIpc) is 2.73. The van der Waals surface area contributed by atoms with E-state index in [1.807, 2.05) is 52.0 Å². The number of nitrogens with zero attached hydrogens (tertiary/aromatic N) is 1. The van der Waals surface area contributed by atoms with Crippen molar-refractivity contribution in [2.24, 2.45) is 0 Å². The number of aryl methyl sites for hydroxylation is 1. The van der Waals surface area contributed by atoms with Crippen LogP contribution in [0.4, 0.5) is 0 Å². The van der Waals surface area contributed by atoms with Gasteiger partial charge in [-0.2, -0.15) is 0 Å². The molecule has 0 radical (unpaired) electrons. The fourth-order valence-corrected chi connectivity index (χ4v) is 3.49. The Morgan fingerprint density at radius 2 is 1.77 bits per heavy atom. The highest BCUT2D eigenvalue weighted by molar-refractivity contribution is 6.30. The molecule has 168 valence electrons. The van der Waals surface area contributed by atoms with Crippen LogP contribution in [0.2, 0.25) is 5.02 Å². The predicted molar refractivity (Wildman–Crippen MR) is 125 cm³/mol. The van der Waals surface area contributed by atoms with Crippen molar-refractivity contribution in [3.63, 3.8) is 0 Å². The molecule has 2 amide bonds. The van der Waals surface area contributed by atoms with Gasteiger partial charge in [0.15, 0.2) is 0 Å². The molecule has 1 atom stereocenters. The summed E-state index contributed by atoms with van der Waals surface area (Å²) in [7, 11) is 0. The van der Waals surface area contributed by atoms with Crippen LogP contribution in [0.25, 0.3) is 0 Å². The lowest BCUT2D eigenvalue weighted by atomic mass is 10.0. The van der Waals surface area contributed by atoms with Crippen LogP contribution in [0, 0.1) is 6.92 Å². The molecule has 0 spiro atoms. The van der Waals surface area contributed by atoms with Crippen molar-refractivity contribution in [2.75, 3.05) is 6.61 Å². The Morgan fingerprint density at radius 3 is 2.39 bits per heavy atom. The third kappa shape index (κ3) is 7.91. The summed E-state index contributed by atoms with van der Waals surface area (Å²) in [5.41, 5.74) is 2.15. The van der Waals surface area contributed by atoms with Crippen molar-refractivity contribution in [1.29, 1.82) is 0 Å². The standard InChI is InChI=1S/C25H33ClN2O3/c1-5-23(25(30)27-18(2)3)28(17-20-10-7-6-9-19(20)4)24(29)11-8-16-31-22-14-12-21(26)13-15-22/h6-7,9-10,12-15,18,23H,5,8,11,16-17H2,1-4H3,(H,27,30)/t23-/m1/s1. The molecule has 2 aromatic rings. The molecule has 6 heteroatoms. The third-order valence-corrected chi connectivity index (χ3v) is 5.29. The molecule has 31 heavy (non-hydrogen) atoms. The maximum absolute atomic E-state index is 13.2. The molecule has 0 saturated carbocycles. The fraction of sp³-hybridized carbons (Fsp3) is 0.440. The van der Waals surface area contributed by atoms with Gasteiger partial charge in [0.05, 0.1) is 6.61 Å². The lowest BCUT2D eigenvalue weighted by molar-refractivity contribution is -0.141. The molecule has 0 unspecified atom stereocenters. The molecule has 0 aliphatic carbocycles. The van der Waals surface area contributed by atoms with E-state index in [0.717, 1.165) is 16.9 Å². The minimum atomic E-state index is -0.508. The van der Waals surface area contributed by atoms with Gasteiger partial charge in [0.2, 0.25) is 11.8 Å². The number of nitrogens with one attached hydrogen (secondary N) is 1. The number of rotatable bonds is 11. The van der Waals surface area contributed by atoms with Crippen molar-refractivity contribution >= 4 is 23.4 Å². The molecule has 1 N–H and O–H groups in total. The Balaban J connectivity index is 2.06. The first-order valence-electron chi connectivity index (χ1n) is 10.8. The highest BCUT2D eigenvalue weighted by atomic mass is 35.5. The first kappa shape index (κ1) is 24.7. The SMILES string of the molecule is CC[C@H](C(=O)NC(C)C)N(Cc1ccccc1C)C(=O)CCCOc1ccc(Cl)cc1. The number of hydrogen-bond donors (Lipinski definition) is 1. The monoisotopic (exact) mass is 444 g/mol. The Morgan fingerprint density at radius 1 is 1.10 bits per heavy atom. The van der Waals surface area contributed by atoms with E-state index in [4.69, 9.17) is 16.3 Å². The molecular formula is C25H33ClN2O3. The van der Waals surface area contributed by atoms with Crippen molar-refractivity contribution in [2.45, 2.75) is 65.6 Å². The number of benzene rings is 2. The van der Waals surface area contributed by atoms with E-state index in [-0.39, 0.29) is 17.9 Å². The number of halogens is 1. The van der Waals surface area contributed by atoms with Gasteiger partial charge in [-0.1, -0.05) is 42.8 Å². The molecule has 0 heterocycles. The zero-order valence-corrected chi connectivity index (χ0v) is 19.6. The molecule has 0 aromatic heterocycles. The zero-order chi connectivity index (χ0) is 22.8. The average molecular weight is 445 g/mol. The number of carbonyl (C=O) groups is 2. The van der Waals surface area contributed by atoms with Crippen LogP contribution in [0.1, 0.15) is 51.2 Å². The van der Waals surface area contributed by atoms with Crippen molar-refractivity contribution in [3.05, 3.63) is 64.7 Å². The van der Waals surface area contributed by atoms with Gasteiger partial charge in [-0.15, -0.1) is 0 Å². The van der Waals surface area contributed by atoms with E-state index in [2.05, 4.69) is 5.32 Å². The quantitative estimate of drug-likeness (QED) is 0.488. The number of hydrogen-bond acceptors (Lipinski definition) is 3. The molecule has 0 fully saturated rings. The molecule has 0 saturated heterocycles. The molecule has 5 nitrogen and oxygen atoms in total. The van der Waals surface area contributed by atoms with Crippen LogP contribution in [0.15, 0.2) is 48.5 Å². The number of amides is 2. The van der Waals surface area contributed by atoms with E-state index in [1.54, 1.807) is 29.2 Å². The van der Waals surface area contributed by atoms with E-state index < -0.39 is 6.04 Å². The van der Waals surface area contributed by atoms with Crippen LogP contribution in [0.3, 0.4) is 0 Å². The highest BCUT2D eigenvalue weighted by Crippen LogP contribution is 2.18. The lowest BCUT2D eigenvalue weighted by Gasteiger charge is -2.31. The number of ether oxygens (including phenoxy) is 1. The van der Waals surface area contributed by atoms with Crippen molar-refractivity contribution in [3.8, 4) is 5.75 Å². The van der Waals surface area contributed by atoms with Crippen LogP contribution in [0.5, 0.6) is 5.75 Å². The lowest BCUT2D eigenvalue weighted by Crippen LogP contribution is -2.50. The summed E-state index contributed by atoms with van der Waals surface area (Å²) < 4.78 is 5.71. The van der Waals surface area contributed by atoms with Crippen LogP contribution < -0.4 is 10.1 Å². The van der Waals surface area contributed by atoms with Crippen LogP contribution in [-0.4, -0.2) is 35.4 Å². The maximum Gasteiger partial charge on any atom is 0.243 e. The summed E-state index contributed by atoms with van der Waals surface area (Å²) >= 11 is 5.89. The summed E-state index contributed by atoms with van der Waals surface area (Å²) in [6.45, 7) is 8.63. The molecule has 0 aliphatic rings. The summed E-state index contributed by atoms with van der Waals surface area (Å²) in [5, 5.41) is 3.61. The fourth-order valence-electron chi connectivity index (χ4n) is 3.36. The van der Waals surface area contributed by atoms with Gasteiger partial charge < -0.3 is 15.0 Å². The second-order valence-electron chi connectivity index (χ2n) is 7.94.